The van der Waals surface area contributed by atoms with Crippen LogP contribution in [0.3, 0.4) is 0 Å². The van der Waals surface area contributed by atoms with Gasteiger partial charge < -0.3 is 4.98 Å². The monoisotopic (exact) mass is 367 g/mol. The van der Waals surface area contributed by atoms with Crippen LogP contribution in [0.4, 0.5) is 0 Å². The molecule has 2 aromatic rings. The third-order valence-electron chi connectivity index (χ3n) is 7.20. The quantitative estimate of drug-likeness (QED) is 0.652. The maximum Gasteiger partial charge on any atom is 0.316 e. The van der Waals surface area contributed by atoms with Gasteiger partial charge in [0.1, 0.15) is 0 Å². The number of nitrogens with one attached hydrogen (secondary N) is 1. The molecule has 1 aromatic heterocycles. The molecule has 144 valence electrons. The molecule has 1 aliphatic carbocycles. The molecule has 5 nitrogen and oxygen atoms in total. The minimum absolute atomic E-state index is 0.143. The van der Waals surface area contributed by atoms with E-state index in [2.05, 4.69) is 9.88 Å². The molecule has 3 heterocycles. The average Bonchev–Trinajstić information content (AvgIpc) is 2.87. The number of hydrogen-bond acceptors (Lipinski definition) is 3. The molecule has 1 aromatic carbocycles. The van der Waals surface area contributed by atoms with Crippen LogP contribution in [-0.4, -0.2) is 32.6 Å². The van der Waals surface area contributed by atoms with Crippen molar-refractivity contribution in [3.05, 3.63) is 45.0 Å². The second kappa shape index (κ2) is 6.93. The minimum atomic E-state index is -0.493. The maximum atomic E-state index is 12.7. The topological polar surface area (TPSA) is 58.1 Å². The van der Waals surface area contributed by atoms with Crippen LogP contribution in [0.25, 0.3) is 11.0 Å². The van der Waals surface area contributed by atoms with Gasteiger partial charge in [-0.05, 0) is 50.7 Å². The Balaban J connectivity index is 1.48. The van der Waals surface area contributed by atoms with Crippen LogP contribution in [0, 0.1) is 0 Å². The highest BCUT2D eigenvalue weighted by Gasteiger charge is 2.44. The van der Waals surface area contributed by atoms with E-state index in [9.17, 15) is 9.59 Å². The van der Waals surface area contributed by atoms with Crippen molar-refractivity contribution in [2.75, 3.05) is 0 Å². The molecule has 3 aliphatic rings. The van der Waals surface area contributed by atoms with Crippen LogP contribution in [-0.2, 0) is 0 Å². The van der Waals surface area contributed by atoms with Crippen molar-refractivity contribution in [1.29, 1.82) is 0 Å². The molecule has 2 saturated heterocycles. The van der Waals surface area contributed by atoms with Gasteiger partial charge in [0, 0.05) is 24.2 Å². The molecule has 2 aliphatic heterocycles. The van der Waals surface area contributed by atoms with Crippen molar-refractivity contribution in [3.8, 4) is 0 Å². The van der Waals surface area contributed by atoms with E-state index in [-0.39, 0.29) is 11.6 Å². The van der Waals surface area contributed by atoms with Crippen LogP contribution in [0.1, 0.15) is 70.3 Å². The molecular weight excluding hydrogens is 338 g/mol. The zero-order valence-corrected chi connectivity index (χ0v) is 15.9. The fourth-order valence-corrected chi connectivity index (χ4v) is 6.09. The van der Waals surface area contributed by atoms with Crippen LogP contribution in [0.15, 0.2) is 33.9 Å². The number of aromatic amines is 1. The van der Waals surface area contributed by atoms with Gasteiger partial charge in [-0.3, -0.25) is 19.1 Å². The van der Waals surface area contributed by atoms with Gasteiger partial charge in [-0.25, -0.2) is 0 Å². The maximum absolute atomic E-state index is 12.7. The first-order valence-electron chi connectivity index (χ1n) is 10.7. The summed E-state index contributed by atoms with van der Waals surface area (Å²) in [4.78, 5) is 30.5. The van der Waals surface area contributed by atoms with E-state index < -0.39 is 5.56 Å². The third-order valence-corrected chi connectivity index (χ3v) is 7.20. The molecule has 2 bridgehead atoms. The first-order valence-corrected chi connectivity index (χ1v) is 10.7. The van der Waals surface area contributed by atoms with Gasteiger partial charge in [-0.15, -0.1) is 0 Å². The van der Waals surface area contributed by atoms with Crippen molar-refractivity contribution < 1.29 is 0 Å². The molecule has 1 saturated carbocycles. The van der Waals surface area contributed by atoms with Crippen molar-refractivity contribution in [2.24, 2.45) is 0 Å². The van der Waals surface area contributed by atoms with E-state index in [4.69, 9.17) is 0 Å². The van der Waals surface area contributed by atoms with Gasteiger partial charge >= 0.3 is 11.1 Å². The van der Waals surface area contributed by atoms with Gasteiger partial charge in [-0.2, -0.15) is 0 Å². The molecule has 0 amide bonds. The standard InChI is InChI=1S/C22H29N3O2/c26-21-22(27)25(20-10-6-5-9-19(20)23-21)18-13-16-11-12-17(14-18)24(16)15-7-3-1-2-4-8-15/h5-6,9-10,15-18H,1-4,7-8,11-14H2,(H,23,26)/t16-,17+,18-. The molecular formula is C22H29N3O2. The molecule has 0 spiro atoms. The Morgan fingerprint density at radius 1 is 0.778 bits per heavy atom. The summed E-state index contributed by atoms with van der Waals surface area (Å²) in [5.41, 5.74) is 0.753. The molecule has 5 heteroatoms. The van der Waals surface area contributed by atoms with E-state index in [0.717, 1.165) is 29.9 Å². The predicted octanol–water partition coefficient (Wildman–Crippen LogP) is 3.58. The number of fused-ring (bicyclic) bond motifs is 3. The number of aromatic nitrogens is 2. The largest absolute Gasteiger partial charge is 0.316 e. The normalized spacial score (nSPS) is 29.9. The summed E-state index contributed by atoms with van der Waals surface area (Å²) in [6.45, 7) is 0. The summed E-state index contributed by atoms with van der Waals surface area (Å²) in [5, 5.41) is 0. The molecule has 0 radical (unpaired) electrons. The number of rotatable bonds is 2. The van der Waals surface area contributed by atoms with E-state index in [1.54, 1.807) is 0 Å². The smallest absolute Gasteiger partial charge is 0.316 e. The molecule has 3 atom stereocenters. The number of H-pyrrole nitrogens is 1. The zero-order chi connectivity index (χ0) is 18.4. The lowest BCUT2D eigenvalue weighted by Crippen LogP contribution is -2.51. The summed E-state index contributed by atoms with van der Waals surface area (Å²) < 4.78 is 1.81. The van der Waals surface area contributed by atoms with E-state index >= 15 is 0 Å². The highest BCUT2D eigenvalue weighted by molar-refractivity contribution is 5.74. The lowest BCUT2D eigenvalue weighted by molar-refractivity contribution is 0.0549. The Kier molecular flexibility index (Phi) is 4.43. The van der Waals surface area contributed by atoms with Gasteiger partial charge in [0.05, 0.1) is 11.0 Å². The average molecular weight is 367 g/mol. The Hall–Kier alpha value is -1.88. The Morgan fingerprint density at radius 2 is 1.44 bits per heavy atom. The Bertz CT molecular complexity index is 924. The highest BCUT2D eigenvalue weighted by atomic mass is 16.2. The minimum Gasteiger partial charge on any atom is -0.316 e. The van der Waals surface area contributed by atoms with Crippen LogP contribution in [0.2, 0.25) is 0 Å². The molecule has 5 rings (SSSR count). The van der Waals surface area contributed by atoms with Gasteiger partial charge in [-0.1, -0.05) is 37.8 Å². The Labute approximate surface area is 159 Å². The SMILES string of the molecule is O=c1[nH]c2ccccc2n([C@@H]2C[C@H]3CC[C@@H](C2)N3C2CCCCCC2)c1=O. The van der Waals surface area contributed by atoms with Crippen molar-refractivity contribution >= 4 is 11.0 Å². The highest BCUT2D eigenvalue weighted by Crippen LogP contribution is 2.44. The van der Waals surface area contributed by atoms with Crippen LogP contribution in [0.5, 0.6) is 0 Å². The number of piperidine rings is 1. The fourth-order valence-electron chi connectivity index (χ4n) is 6.09. The van der Waals surface area contributed by atoms with Gasteiger partial charge in [0.15, 0.2) is 0 Å². The number of benzene rings is 1. The summed E-state index contributed by atoms with van der Waals surface area (Å²) in [7, 11) is 0. The van der Waals surface area contributed by atoms with E-state index in [0.29, 0.717) is 12.1 Å². The summed E-state index contributed by atoms with van der Waals surface area (Å²) in [6, 6.07) is 9.73. The molecule has 27 heavy (non-hydrogen) atoms. The van der Waals surface area contributed by atoms with Crippen molar-refractivity contribution in [2.45, 2.75) is 88.4 Å². The van der Waals surface area contributed by atoms with Gasteiger partial charge in [0.2, 0.25) is 0 Å². The van der Waals surface area contributed by atoms with Crippen LogP contribution >= 0.6 is 0 Å². The number of nitrogens with zero attached hydrogens (tertiary/aromatic N) is 2. The molecule has 1 N–H and O–H groups in total. The van der Waals surface area contributed by atoms with Crippen molar-refractivity contribution in [1.82, 2.24) is 14.5 Å². The van der Waals surface area contributed by atoms with Crippen molar-refractivity contribution in [3.63, 3.8) is 0 Å². The first-order chi connectivity index (χ1) is 13.2. The Morgan fingerprint density at radius 3 is 2.15 bits per heavy atom. The summed E-state index contributed by atoms with van der Waals surface area (Å²) in [5.74, 6) is 0. The number of para-hydroxylation sites is 2. The summed E-state index contributed by atoms with van der Waals surface area (Å²) in [6.07, 6.45) is 12.7. The predicted molar refractivity (Wildman–Crippen MR) is 107 cm³/mol. The van der Waals surface area contributed by atoms with E-state index in [1.807, 2.05) is 28.8 Å². The first kappa shape index (κ1) is 17.2. The van der Waals surface area contributed by atoms with E-state index in [1.165, 1.54) is 51.4 Å². The number of hydrogen-bond donors (Lipinski definition) is 1. The van der Waals surface area contributed by atoms with Gasteiger partial charge in [0.25, 0.3) is 0 Å². The molecule has 3 fully saturated rings. The summed E-state index contributed by atoms with van der Waals surface area (Å²) >= 11 is 0. The zero-order valence-electron chi connectivity index (χ0n) is 15.9. The lowest BCUT2D eigenvalue weighted by atomic mass is 9.92. The third kappa shape index (κ3) is 2.96. The van der Waals surface area contributed by atoms with Crippen LogP contribution < -0.4 is 11.1 Å². The second-order valence-corrected chi connectivity index (χ2v) is 8.75. The fraction of sp³-hybridized carbons (Fsp3) is 0.636. The lowest BCUT2D eigenvalue weighted by Gasteiger charge is -2.44. The molecule has 0 unspecified atom stereocenters. The second-order valence-electron chi connectivity index (χ2n) is 8.75.